The summed E-state index contributed by atoms with van der Waals surface area (Å²) < 4.78 is 44.1. The molecule has 0 amide bonds. The van der Waals surface area contributed by atoms with Crippen LogP contribution in [0.25, 0.3) is 0 Å². The molecule has 10 heteroatoms. The first-order valence-electron chi connectivity index (χ1n) is 10.5. The second-order valence-corrected chi connectivity index (χ2v) is 11.6. The number of nitrogens with one attached hydrogen (secondary N) is 1. The molecule has 6 rings (SSSR count). The van der Waals surface area contributed by atoms with Gasteiger partial charge in [0.25, 0.3) is 0 Å². The molecule has 2 saturated heterocycles. The van der Waals surface area contributed by atoms with Gasteiger partial charge in [0.2, 0.25) is 10.0 Å². The van der Waals surface area contributed by atoms with Crippen LogP contribution < -0.4 is 4.72 Å². The highest BCUT2D eigenvalue weighted by Gasteiger charge is 2.71. The zero-order valence-corrected chi connectivity index (χ0v) is 17.2. The summed E-state index contributed by atoms with van der Waals surface area (Å²) in [5.41, 5.74) is 0.239. The predicted molar refractivity (Wildman–Crippen MR) is 98.9 cm³/mol. The molecule has 11 unspecified atom stereocenters. The Labute approximate surface area is 173 Å². The molecule has 30 heavy (non-hydrogen) atoms. The highest BCUT2D eigenvalue weighted by atomic mass is 32.2. The third kappa shape index (κ3) is 2.26. The van der Waals surface area contributed by atoms with Crippen LogP contribution in [-0.2, 0) is 38.6 Å². The number of fused-ring (bicyclic) bond motifs is 2. The van der Waals surface area contributed by atoms with Crippen LogP contribution in [0.2, 0.25) is 0 Å². The summed E-state index contributed by atoms with van der Waals surface area (Å²) in [6.07, 6.45) is 0.0580. The topological polar surface area (TPSA) is 125 Å². The lowest BCUT2D eigenvalue weighted by molar-refractivity contribution is -0.168. The number of carbonyl (C=O) groups excluding carboxylic acids is 3. The quantitative estimate of drug-likeness (QED) is 0.367. The van der Waals surface area contributed by atoms with Crippen molar-refractivity contribution in [3.8, 4) is 0 Å². The molecule has 4 bridgehead atoms. The molecule has 0 spiro atoms. The maximum absolute atomic E-state index is 13.2. The molecule has 4 saturated carbocycles. The fourth-order valence-corrected chi connectivity index (χ4v) is 9.22. The standard InChI is InChI=1S/C20H23NO8S/c1-6(2)18(22)28-16-9-5-10-13(20(24)29-17(10)16)12(9)19(23)27-15-7-3-8-11(4-7)30(25,26)21-14(8)15/h7-17,21H,1,3-5H2,2H3. The van der Waals surface area contributed by atoms with Gasteiger partial charge in [0.05, 0.1) is 23.1 Å². The minimum atomic E-state index is -3.36. The lowest BCUT2D eigenvalue weighted by Gasteiger charge is -2.32. The Bertz CT molecular complexity index is 991. The number of carbonyl (C=O) groups is 3. The minimum absolute atomic E-state index is 0.0117. The molecule has 2 aliphatic heterocycles. The number of esters is 3. The molecule has 0 aromatic heterocycles. The van der Waals surface area contributed by atoms with Gasteiger partial charge in [-0.3, -0.25) is 9.59 Å². The van der Waals surface area contributed by atoms with E-state index in [0.29, 0.717) is 12.8 Å². The van der Waals surface area contributed by atoms with E-state index >= 15 is 0 Å². The van der Waals surface area contributed by atoms with Gasteiger partial charge in [-0.2, -0.15) is 0 Å². The fourth-order valence-electron chi connectivity index (χ4n) is 7.12. The van der Waals surface area contributed by atoms with E-state index in [0.717, 1.165) is 6.42 Å². The van der Waals surface area contributed by atoms with Gasteiger partial charge in [0, 0.05) is 17.4 Å². The SMILES string of the molecule is C=C(C)C(=O)OC1C2CC3C1OC(=O)C3C2C(=O)OC1C2CC3C1NS(=O)(=O)C3C2. The van der Waals surface area contributed by atoms with Crippen molar-refractivity contribution in [2.75, 3.05) is 0 Å². The molecule has 1 N–H and O–H groups in total. The maximum Gasteiger partial charge on any atom is 0.333 e. The molecule has 4 aliphatic carbocycles. The average molecular weight is 437 g/mol. The van der Waals surface area contributed by atoms with E-state index in [2.05, 4.69) is 11.3 Å². The van der Waals surface area contributed by atoms with Crippen LogP contribution >= 0.6 is 0 Å². The number of rotatable bonds is 4. The smallest absolute Gasteiger partial charge is 0.333 e. The Morgan fingerprint density at radius 3 is 2.60 bits per heavy atom. The highest BCUT2D eigenvalue weighted by molar-refractivity contribution is 7.90. The van der Waals surface area contributed by atoms with Gasteiger partial charge in [0.15, 0.2) is 0 Å². The summed E-state index contributed by atoms with van der Waals surface area (Å²) in [6.45, 7) is 5.12. The van der Waals surface area contributed by atoms with Gasteiger partial charge in [-0.15, -0.1) is 0 Å². The molecule has 11 atom stereocenters. The average Bonchev–Trinajstić information content (AvgIpc) is 3.44. The Morgan fingerprint density at radius 1 is 1.10 bits per heavy atom. The van der Waals surface area contributed by atoms with Crippen LogP contribution in [-0.4, -0.2) is 55.9 Å². The van der Waals surface area contributed by atoms with E-state index in [1.165, 1.54) is 6.92 Å². The third-order valence-electron chi connectivity index (χ3n) is 8.23. The van der Waals surface area contributed by atoms with E-state index in [1.54, 1.807) is 0 Å². The highest BCUT2D eigenvalue weighted by Crippen LogP contribution is 2.60. The summed E-state index contributed by atoms with van der Waals surface area (Å²) in [5, 5.41) is -0.388. The fraction of sp³-hybridized carbons (Fsp3) is 0.750. The van der Waals surface area contributed by atoms with Crippen molar-refractivity contribution in [3.63, 3.8) is 0 Å². The van der Waals surface area contributed by atoms with E-state index in [4.69, 9.17) is 14.2 Å². The molecular formula is C20H23NO8S. The predicted octanol–water partition coefficient (Wildman–Crippen LogP) is -0.0964. The van der Waals surface area contributed by atoms with Crippen molar-refractivity contribution in [1.29, 1.82) is 0 Å². The first kappa shape index (κ1) is 18.8. The Kier molecular flexibility index (Phi) is 3.66. The van der Waals surface area contributed by atoms with Crippen LogP contribution in [0.5, 0.6) is 0 Å². The largest absolute Gasteiger partial charge is 0.460 e. The molecule has 2 heterocycles. The molecule has 9 nitrogen and oxygen atoms in total. The zero-order valence-electron chi connectivity index (χ0n) is 16.4. The molecule has 6 fully saturated rings. The van der Waals surface area contributed by atoms with Gasteiger partial charge in [-0.1, -0.05) is 6.58 Å². The number of hydrogen-bond donors (Lipinski definition) is 1. The first-order chi connectivity index (χ1) is 14.2. The second-order valence-electron chi connectivity index (χ2n) is 9.69. The van der Waals surface area contributed by atoms with Crippen molar-refractivity contribution in [2.45, 2.75) is 55.8 Å². The summed E-state index contributed by atoms with van der Waals surface area (Å²) in [6, 6.07) is -0.387. The van der Waals surface area contributed by atoms with Gasteiger partial charge in [0.1, 0.15) is 18.3 Å². The van der Waals surface area contributed by atoms with E-state index in [1.807, 2.05) is 0 Å². The summed E-state index contributed by atoms with van der Waals surface area (Å²) in [4.78, 5) is 37.8. The van der Waals surface area contributed by atoms with Crippen molar-refractivity contribution >= 4 is 27.9 Å². The normalized spacial score (nSPS) is 50.6. The lowest BCUT2D eigenvalue weighted by Crippen LogP contribution is -2.47. The number of ether oxygens (including phenoxy) is 3. The van der Waals surface area contributed by atoms with Crippen molar-refractivity contribution < 1.29 is 37.0 Å². The summed E-state index contributed by atoms with van der Waals surface area (Å²) >= 11 is 0. The van der Waals surface area contributed by atoms with Gasteiger partial charge in [-0.05, 0) is 38.0 Å². The van der Waals surface area contributed by atoms with E-state index in [-0.39, 0.29) is 40.5 Å². The van der Waals surface area contributed by atoms with Crippen molar-refractivity contribution in [2.24, 2.45) is 35.5 Å². The molecule has 162 valence electrons. The molecule has 0 radical (unpaired) electrons. The summed E-state index contributed by atoms with van der Waals surface area (Å²) in [5.74, 6) is -3.38. The van der Waals surface area contributed by atoms with Crippen molar-refractivity contribution in [1.82, 2.24) is 4.72 Å². The van der Waals surface area contributed by atoms with Crippen molar-refractivity contribution in [3.05, 3.63) is 12.2 Å². The second kappa shape index (κ2) is 5.85. The van der Waals surface area contributed by atoms with Gasteiger partial charge >= 0.3 is 17.9 Å². The molecule has 6 aliphatic rings. The minimum Gasteiger partial charge on any atom is -0.460 e. The van der Waals surface area contributed by atoms with Gasteiger partial charge < -0.3 is 14.2 Å². The van der Waals surface area contributed by atoms with Crippen LogP contribution in [0.3, 0.4) is 0 Å². The van der Waals surface area contributed by atoms with Crippen LogP contribution in [0, 0.1) is 35.5 Å². The van der Waals surface area contributed by atoms with Crippen LogP contribution in [0.15, 0.2) is 12.2 Å². The zero-order chi connectivity index (χ0) is 21.1. The Balaban J connectivity index is 1.24. The molecular weight excluding hydrogens is 414 g/mol. The Hall–Kier alpha value is -1.94. The van der Waals surface area contributed by atoms with Gasteiger partial charge in [-0.25, -0.2) is 17.9 Å². The Morgan fingerprint density at radius 2 is 1.87 bits per heavy atom. The van der Waals surface area contributed by atoms with Crippen LogP contribution in [0.1, 0.15) is 26.2 Å². The van der Waals surface area contributed by atoms with Crippen LogP contribution in [0.4, 0.5) is 0 Å². The lowest BCUT2D eigenvalue weighted by atomic mass is 9.78. The van der Waals surface area contributed by atoms with E-state index in [9.17, 15) is 22.8 Å². The molecule has 0 aromatic carbocycles. The maximum atomic E-state index is 13.2. The number of sulfonamides is 1. The molecule has 0 aromatic rings. The first-order valence-corrected chi connectivity index (χ1v) is 12.0. The van der Waals surface area contributed by atoms with E-state index < -0.39 is 58.1 Å². The number of hydrogen-bond acceptors (Lipinski definition) is 8. The third-order valence-corrected chi connectivity index (χ3v) is 10.2. The summed E-state index contributed by atoms with van der Waals surface area (Å²) in [7, 11) is -3.36. The monoisotopic (exact) mass is 437 g/mol.